The molecule has 4 aromatic rings. The van der Waals surface area contributed by atoms with Gasteiger partial charge in [-0.2, -0.15) is 0 Å². The average molecular weight is 528 g/mol. The highest BCUT2D eigenvalue weighted by Crippen LogP contribution is 2.43. The second kappa shape index (κ2) is 10.9. The van der Waals surface area contributed by atoms with Crippen molar-refractivity contribution in [3.8, 4) is 11.5 Å². The van der Waals surface area contributed by atoms with Crippen LogP contribution in [0.15, 0.2) is 95.1 Å². The Labute approximate surface area is 224 Å². The Hall–Kier alpha value is -4.85. The van der Waals surface area contributed by atoms with Gasteiger partial charge in [-0.05, 0) is 53.9 Å². The number of aliphatic hydroxyl groups excluding tert-OH is 1. The van der Waals surface area contributed by atoms with Crippen LogP contribution < -0.4 is 9.47 Å². The van der Waals surface area contributed by atoms with Crippen molar-refractivity contribution < 1.29 is 33.0 Å². The molecule has 7 nitrogen and oxygen atoms in total. The Morgan fingerprint density at radius 2 is 1.79 bits per heavy atom. The van der Waals surface area contributed by atoms with Crippen LogP contribution in [-0.4, -0.2) is 28.8 Å². The molecular formula is C31H26FNO6. The Kier molecular flexibility index (Phi) is 7.19. The van der Waals surface area contributed by atoms with E-state index in [4.69, 9.17) is 13.9 Å². The summed E-state index contributed by atoms with van der Waals surface area (Å²) >= 11 is 0. The summed E-state index contributed by atoms with van der Waals surface area (Å²) < 4.78 is 31.3. The van der Waals surface area contributed by atoms with Crippen molar-refractivity contribution in [3.63, 3.8) is 0 Å². The number of nitrogens with zero attached hydrogens (tertiary/aromatic N) is 1. The van der Waals surface area contributed by atoms with E-state index in [0.717, 1.165) is 11.6 Å². The van der Waals surface area contributed by atoms with E-state index in [9.17, 15) is 19.1 Å². The van der Waals surface area contributed by atoms with E-state index in [1.54, 1.807) is 37.3 Å². The van der Waals surface area contributed by atoms with Crippen molar-refractivity contribution in [1.82, 2.24) is 4.90 Å². The Bertz CT molecular complexity index is 1540. The maximum Gasteiger partial charge on any atom is 0.296 e. The molecule has 1 fully saturated rings. The summed E-state index contributed by atoms with van der Waals surface area (Å²) in [7, 11) is 1.49. The van der Waals surface area contributed by atoms with Crippen molar-refractivity contribution in [2.24, 2.45) is 0 Å². The van der Waals surface area contributed by atoms with Gasteiger partial charge in [0.05, 0.1) is 31.5 Å². The van der Waals surface area contributed by atoms with Gasteiger partial charge in [0.2, 0.25) is 0 Å². The lowest BCUT2D eigenvalue weighted by Gasteiger charge is -2.25. The molecule has 0 radical (unpaired) electrons. The van der Waals surface area contributed by atoms with Crippen LogP contribution in [-0.2, 0) is 22.7 Å². The number of furan rings is 1. The van der Waals surface area contributed by atoms with Crippen molar-refractivity contribution in [1.29, 1.82) is 0 Å². The minimum Gasteiger partial charge on any atom is -0.507 e. The zero-order valence-electron chi connectivity index (χ0n) is 21.4. The van der Waals surface area contributed by atoms with Crippen LogP contribution in [0.1, 0.15) is 34.1 Å². The van der Waals surface area contributed by atoms with Crippen LogP contribution in [0.2, 0.25) is 0 Å². The summed E-state index contributed by atoms with van der Waals surface area (Å²) in [6.07, 6.45) is 1.47. The third-order valence-electron chi connectivity index (χ3n) is 6.63. The fourth-order valence-electron chi connectivity index (χ4n) is 4.56. The fraction of sp³-hybridized carbons (Fsp3) is 0.161. The van der Waals surface area contributed by atoms with Crippen LogP contribution in [0.25, 0.3) is 5.76 Å². The Balaban J connectivity index is 1.58. The zero-order valence-corrected chi connectivity index (χ0v) is 21.4. The van der Waals surface area contributed by atoms with Gasteiger partial charge in [-0.1, -0.05) is 48.5 Å². The normalized spacial score (nSPS) is 16.5. The molecule has 0 bridgehead atoms. The maximum atomic E-state index is 14.3. The predicted octanol–water partition coefficient (Wildman–Crippen LogP) is 5.94. The second-order valence-electron chi connectivity index (χ2n) is 9.15. The van der Waals surface area contributed by atoms with Crippen molar-refractivity contribution in [2.75, 3.05) is 7.11 Å². The molecule has 0 spiro atoms. The molecule has 8 heteroatoms. The van der Waals surface area contributed by atoms with Gasteiger partial charge in [-0.25, -0.2) is 4.39 Å². The molecule has 1 N–H and O–H groups in total. The monoisotopic (exact) mass is 527 g/mol. The lowest BCUT2D eigenvalue weighted by molar-refractivity contribution is -0.140. The molecule has 3 aromatic carbocycles. The number of carbonyl (C=O) groups is 2. The van der Waals surface area contributed by atoms with E-state index < -0.39 is 29.3 Å². The predicted molar refractivity (Wildman–Crippen MR) is 141 cm³/mol. The molecule has 39 heavy (non-hydrogen) atoms. The van der Waals surface area contributed by atoms with Crippen LogP contribution in [0, 0.1) is 12.7 Å². The second-order valence-corrected chi connectivity index (χ2v) is 9.15. The Morgan fingerprint density at radius 1 is 1.00 bits per heavy atom. The van der Waals surface area contributed by atoms with E-state index in [2.05, 4.69) is 0 Å². The van der Waals surface area contributed by atoms with E-state index in [1.165, 1.54) is 30.4 Å². The summed E-state index contributed by atoms with van der Waals surface area (Å²) in [5.74, 6) is -1.40. The highest BCUT2D eigenvalue weighted by atomic mass is 19.1. The molecule has 1 aliphatic rings. The third-order valence-corrected chi connectivity index (χ3v) is 6.63. The number of ketones is 1. The van der Waals surface area contributed by atoms with Gasteiger partial charge in [0, 0.05) is 5.56 Å². The number of methoxy groups -OCH3 is 1. The van der Waals surface area contributed by atoms with Crippen LogP contribution in [0.4, 0.5) is 4.39 Å². The smallest absolute Gasteiger partial charge is 0.296 e. The van der Waals surface area contributed by atoms with Gasteiger partial charge in [0.1, 0.15) is 23.9 Å². The van der Waals surface area contributed by atoms with Gasteiger partial charge in [0.15, 0.2) is 11.5 Å². The summed E-state index contributed by atoms with van der Waals surface area (Å²) in [5.41, 5.74) is 1.79. The number of hydrogen-bond donors (Lipinski definition) is 1. The molecule has 198 valence electrons. The topological polar surface area (TPSA) is 89.2 Å². The molecule has 1 amide bonds. The molecule has 0 unspecified atom stereocenters. The highest BCUT2D eigenvalue weighted by Gasteiger charge is 2.46. The molecule has 1 aliphatic heterocycles. The number of hydrogen-bond acceptors (Lipinski definition) is 6. The molecule has 0 aliphatic carbocycles. The zero-order chi connectivity index (χ0) is 27.5. The van der Waals surface area contributed by atoms with Gasteiger partial charge < -0.3 is 23.9 Å². The van der Waals surface area contributed by atoms with E-state index in [-0.39, 0.29) is 17.7 Å². The fourth-order valence-corrected chi connectivity index (χ4v) is 4.56. The van der Waals surface area contributed by atoms with Crippen molar-refractivity contribution >= 4 is 17.4 Å². The highest BCUT2D eigenvalue weighted by molar-refractivity contribution is 6.46. The molecular weight excluding hydrogens is 501 g/mol. The standard InChI is InChI=1S/C31H26FNO6/c1-19-10-11-22(15-24(19)32)29(34)27-28(33(31(36)30(27)35)17-23-9-6-14-38-23)21-12-13-25(26(16-21)37-2)39-18-20-7-4-3-5-8-20/h3-16,28,34H,17-18H2,1-2H3/t28-/m0/s1. The quantitative estimate of drug-likeness (QED) is 0.173. The number of benzene rings is 3. The van der Waals surface area contributed by atoms with Gasteiger partial charge in [-0.15, -0.1) is 0 Å². The van der Waals surface area contributed by atoms with Crippen LogP contribution in [0.5, 0.6) is 11.5 Å². The maximum absolute atomic E-state index is 14.3. The van der Waals surface area contributed by atoms with Crippen LogP contribution >= 0.6 is 0 Å². The van der Waals surface area contributed by atoms with Crippen molar-refractivity contribution in [2.45, 2.75) is 26.1 Å². The number of ether oxygens (including phenoxy) is 2. The van der Waals surface area contributed by atoms with E-state index >= 15 is 0 Å². The first-order chi connectivity index (χ1) is 18.9. The first kappa shape index (κ1) is 25.8. The number of carbonyl (C=O) groups excluding carboxylic acids is 2. The van der Waals surface area contributed by atoms with Crippen molar-refractivity contribution in [3.05, 3.63) is 125 Å². The lowest BCUT2D eigenvalue weighted by Crippen LogP contribution is -2.29. The molecule has 1 saturated heterocycles. The number of aliphatic hydroxyl groups is 1. The van der Waals surface area contributed by atoms with Gasteiger partial charge in [-0.3, -0.25) is 9.59 Å². The van der Waals surface area contributed by atoms with Crippen LogP contribution in [0.3, 0.4) is 0 Å². The summed E-state index contributed by atoms with van der Waals surface area (Å²) in [6.45, 7) is 1.89. The van der Waals surface area contributed by atoms with E-state index in [1.807, 2.05) is 30.3 Å². The number of amides is 1. The van der Waals surface area contributed by atoms with Gasteiger partial charge in [0.25, 0.3) is 11.7 Å². The summed E-state index contributed by atoms with van der Waals surface area (Å²) in [4.78, 5) is 27.8. The summed E-state index contributed by atoms with van der Waals surface area (Å²) in [5, 5.41) is 11.2. The van der Waals surface area contributed by atoms with Gasteiger partial charge >= 0.3 is 0 Å². The third kappa shape index (κ3) is 5.13. The molecule has 1 aromatic heterocycles. The SMILES string of the molecule is COc1cc([C@H]2C(=C(O)c3ccc(C)c(F)c3)C(=O)C(=O)N2Cc2ccco2)ccc1OCc1ccccc1. The molecule has 0 saturated carbocycles. The first-order valence-electron chi connectivity index (χ1n) is 12.3. The summed E-state index contributed by atoms with van der Waals surface area (Å²) in [6, 6.07) is 21.2. The minimum atomic E-state index is -0.989. The molecule has 2 heterocycles. The number of likely N-dealkylation sites (tertiary alicyclic amines) is 1. The first-order valence-corrected chi connectivity index (χ1v) is 12.3. The number of rotatable bonds is 8. The molecule has 5 rings (SSSR count). The number of halogens is 1. The largest absolute Gasteiger partial charge is 0.507 e. The molecule has 1 atom stereocenters. The number of aryl methyl sites for hydroxylation is 1. The van der Waals surface area contributed by atoms with E-state index in [0.29, 0.717) is 35.0 Å². The minimum absolute atomic E-state index is 0.0180. The Morgan fingerprint density at radius 3 is 2.49 bits per heavy atom. The number of Topliss-reactive ketones (excluding diaryl/α,β-unsaturated/α-hetero) is 1. The lowest BCUT2D eigenvalue weighted by atomic mass is 9.94. The average Bonchev–Trinajstić information content (AvgIpc) is 3.56.